The van der Waals surface area contributed by atoms with Crippen LogP contribution in [0.1, 0.15) is 29.7 Å². The van der Waals surface area contributed by atoms with Gasteiger partial charge in [0.05, 0.1) is 31.4 Å². The highest BCUT2D eigenvalue weighted by atomic mass is 16.5. The molecule has 174 valence electrons. The summed E-state index contributed by atoms with van der Waals surface area (Å²) in [5, 5.41) is 11.1. The first-order valence-corrected chi connectivity index (χ1v) is 11.4. The first kappa shape index (κ1) is 23.0. The van der Waals surface area contributed by atoms with Gasteiger partial charge in [-0.15, -0.1) is 0 Å². The van der Waals surface area contributed by atoms with Gasteiger partial charge in [0, 0.05) is 31.7 Å². The largest absolute Gasteiger partial charge is 0.507 e. The summed E-state index contributed by atoms with van der Waals surface area (Å²) >= 11 is 0. The number of hydrogen-bond donors (Lipinski definition) is 1. The molecule has 1 amide bonds. The Morgan fingerprint density at radius 1 is 1.03 bits per heavy atom. The number of hydrogen-bond acceptors (Lipinski definition) is 6. The molecule has 0 unspecified atom stereocenters. The number of Topliss-reactive ketones (excluding diaryl/α,β-unsaturated/α-hetero) is 1. The number of amides is 1. The summed E-state index contributed by atoms with van der Waals surface area (Å²) in [6.07, 6.45) is 0. The van der Waals surface area contributed by atoms with E-state index in [1.54, 1.807) is 17.0 Å². The molecule has 2 aliphatic rings. The van der Waals surface area contributed by atoms with E-state index < -0.39 is 17.7 Å². The first-order chi connectivity index (χ1) is 16.0. The van der Waals surface area contributed by atoms with E-state index in [2.05, 4.69) is 4.90 Å². The van der Waals surface area contributed by atoms with Gasteiger partial charge >= 0.3 is 0 Å². The highest BCUT2D eigenvalue weighted by Crippen LogP contribution is 2.39. The van der Waals surface area contributed by atoms with E-state index in [4.69, 9.17) is 9.47 Å². The molecule has 2 fully saturated rings. The van der Waals surface area contributed by atoms with Crippen molar-refractivity contribution in [2.45, 2.75) is 19.9 Å². The minimum atomic E-state index is -0.664. The molecule has 33 heavy (non-hydrogen) atoms. The van der Waals surface area contributed by atoms with E-state index in [0.29, 0.717) is 44.2 Å². The minimum Gasteiger partial charge on any atom is -0.507 e. The number of benzene rings is 2. The highest BCUT2D eigenvalue weighted by Gasteiger charge is 2.46. The summed E-state index contributed by atoms with van der Waals surface area (Å²) < 4.78 is 11.0. The second kappa shape index (κ2) is 10.2. The Bertz CT molecular complexity index is 1020. The van der Waals surface area contributed by atoms with E-state index in [-0.39, 0.29) is 11.3 Å². The lowest BCUT2D eigenvalue weighted by molar-refractivity contribution is -0.140. The second-order valence-corrected chi connectivity index (χ2v) is 8.31. The van der Waals surface area contributed by atoms with Crippen LogP contribution in [-0.4, -0.2) is 72.6 Å². The number of aryl methyl sites for hydroxylation is 1. The molecule has 2 aromatic carbocycles. The summed E-state index contributed by atoms with van der Waals surface area (Å²) in [5.41, 5.74) is 2.44. The maximum atomic E-state index is 13.1. The van der Waals surface area contributed by atoms with Crippen LogP contribution in [0.2, 0.25) is 0 Å². The molecule has 1 atom stereocenters. The molecule has 0 spiro atoms. The standard InChI is InChI=1S/C26H30N2O5/c1-3-33-21-10-8-19(9-11-21)23-22(24(29)20-6-4-18(2)5-7-20)25(30)26(31)28(23)13-12-27-14-16-32-17-15-27/h4-11,23,29H,3,12-17H2,1-2H3/b24-22+/t23-/m1/s1. The lowest BCUT2D eigenvalue weighted by Gasteiger charge is -2.31. The van der Waals surface area contributed by atoms with Crippen LogP contribution >= 0.6 is 0 Å². The molecule has 2 aromatic rings. The number of carbonyl (C=O) groups excluding carboxylic acids is 2. The third-order valence-corrected chi connectivity index (χ3v) is 6.13. The number of ketones is 1. The molecule has 4 rings (SSSR count). The van der Waals surface area contributed by atoms with Crippen LogP contribution in [0.4, 0.5) is 0 Å². The van der Waals surface area contributed by atoms with E-state index in [9.17, 15) is 14.7 Å². The number of likely N-dealkylation sites (tertiary alicyclic amines) is 1. The summed E-state index contributed by atoms with van der Waals surface area (Å²) in [6.45, 7) is 8.34. The second-order valence-electron chi connectivity index (χ2n) is 8.31. The van der Waals surface area contributed by atoms with Crippen LogP contribution in [0, 0.1) is 6.92 Å². The average molecular weight is 451 g/mol. The van der Waals surface area contributed by atoms with Crippen molar-refractivity contribution in [2.24, 2.45) is 0 Å². The molecular formula is C26H30N2O5. The summed E-state index contributed by atoms with van der Waals surface area (Å²) in [6, 6.07) is 14.0. The zero-order valence-electron chi connectivity index (χ0n) is 19.1. The number of rotatable bonds is 7. The molecule has 0 saturated carbocycles. The fourth-order valence-electron chi connectivity index (χ4n) is 4.31. The van der Waals surface area contributed by atoms with Gasteiger partial charge in [-0.2, -0.15) is 0 Å². The molecule has 2 saturated heterocycles. The molecular weight excluding hydrogens is 420 g/mol. The third-order valence-electron chi connectivity index (χ3n) is 6.13. The quantitative estimate of drug-likeness (QED) is 0.397. The lowest BCUT2D eigenvalue weighted by Crippen LogP contribution is -2.42. The molecule has 0 bridgehead atoms. The average Bonchev–Trinajstić information content (AvgIpc) is 3.09. The highest BCUT2D eigenvalue weighted by molar-refractivity contribution is 6.46. The molecule has 0 aromatic heterocycles. The molecule has 1 N–H and O–H groups in total. The van der Waals surface area contributed by atoms with Gasteiger partial charge in [-0.05, 0) is 31.5 Å². The van der Waals surface area contributed by atoms with Gasteiger partial charge in [0.1, 0.15) is 11.5 Å². The lowest BCUT2D eigenvalue weighted by atomic mass is 9.95. The van der Waals surface area contributed by atoms with Gasteiger partial charge in [0.25, 0.3) is 11.7 Å². The monoisotopic (exact) mass is 450 g/mol. The molecule has 2 heterocycles. The normalized spacial score (nSPS) is 20.9. The topological polar surface area (TPSA) is 79.3 Å². The van der Waals surface area contributed by atoms with Gasteiger partial charge in [0.15, 0.2) is 0 Å². The van der Waals surface area contributed by atoms with Gasteiger partial charge < -0.3 is 19.5 Å². The Kier molecular flexibility index (Phi) is 7.11. The number of nitrogens with zero attached hydrogens (tertiary/aromatic N) is 2. The number of aliphatic hydroxyl groups is 1. The number of ether oxygens (including phenoxy) is 2. The van der Waals surface area contributed by atoms with Crippen molar-refractivity contribution in [1.82, 2.24) is 9.80 Å². The van der Waals surface area contributed by atoms with Crippen molar-refractivity contribution in [2.75, 3.05) is 46.0 Å². The van der Waals surface area contributed by atoms with Crippen molar-refractivity contribution in [1.29, 1.82) is 0 Å². The van der Waals surface area contributed by atoms with Gasteiger partial charge in [-0.1, -0.05) is 42.0 Å². The van der Waals surface area contributed by atoms with Crippen molar-refractivity contribution < 1.29 is 24.2 Å². The Morgan fingerprint density at radius 2 is 1.70 bits per heavy atom. The molecule has 7 nitrogen and oxygen atoms in total. The Balaban J connectivity index is 1.71. The van der Waals surface area contributed by atoms with E-state index in [0.717, 1.165) is 24.2 Å². The summed E-state index contributed by atoms with van der Waals surface area (Å²) in [4.78, 5) is 30.0. The van der Waals surface area contributed by atoms with Crippen LogP contribution < -0.4 is 4.74 Å². The smallest absolute Gasteiger partial charge is 0.295 e. The van der Waals surface area contributed by atoms with Crippen LogP contribution in [-0.2, 0) is 14.3 Å². The SMILES string of the molecule is CCOc1ccc([C@@H]2/C(=C(\O)c3ccc(C)cc3)C(=O)C(=O)N2CCN2CCOCC2)cc1. The number of aliphatic hydroxyl groups excluding tert-OH is 1. The number of morpholine rings is 1. The maximum Gasteiger partial charge on any atom is 0.295 e. The van der Waals surface area contributed by atoms with Gasteiger partial charge in [-0.3, -0.25) is 14.5 Å². The van der Waals surface area contributed by atoms with Crippen molar-refractivity contribution >= 4 is 17.4 Å². The molecule has 0 aliphatic carbocycles. The van der Waals surface area contributed by atoms with Gasteiger partial charge in [0.2, 0.25) is 0 Å². The molecule has 7 heteroatoms. The fraction of sp³-hybridized carbons (Fsp3) is 0.385. The van der Waals surface area contributed by atoms with Crippen molar-refractivity contribution in [3.8, 4) is 5.75 Å². The van der Waals surface area contributed by atoms with Crippen LogP contribution in [0.3, 0.4) is 0 Å². The van der Waals surface area contributed by atoms with Crippen molar-refractivity contribution in [3.63, 3.8) is 0 Å². The van der Waals surface area contributed by atoms with E-state index in [1.165, 1.54) is 0 Å². The minimum absolute atomic E-state index is 0.120. The zero-order valence-corrected chi connectivity index (χ0v) is 19.1. The predicted octanol–water partition coefficient (Wildman–Crippen LogP) is 3.15. The van der Waals surface area contributed by atoms with E-state index in [1.807, 2.05) is 50.2 Å². The van der Waals surface area contributed by atoms with Crippen LogP contribution in [0.15, 0.2) is 54.1 Å². The first-order valence-electron chi connectivity index (χ1n) is 11.4. The molecule has 2 aliphatic heterocycles. The zero-order chi connectivity index (χ0) is 23.4. The Labute approximate surface area is 194 Å². The maximum absolute atomic E-state index is 13.1. The summed E-state index contributed by atoms with van der Waals surface area (Å²) in [7, 11) is 0. The fourth-order valence-corrected chi connectivity index (χ4v) is 4.31. The number of carbonyl (C=O) groups is 2. The van der Waals surface area contributed by atoms with E-state index >= 15 is 0 Å². The Hall–Kier alpha value is -3.16. The third kappa shape index (κ3) is 4.94. The Morgan fingerprint density at radius 3 is 2.33 bits per heavy atom. The summed E-state index contributed by atoms with van der Waals surface area (Å²) in [5.74, 6) is -0.684. The van der Waals surface area contributed by atoms with Crippen molar-refractivity contribution in [3.05, 3.63) is 70.8 Å². The van der Waals surface area contributed by atoms with Gasteiger partial charge in [-0.25, -0.2) is 0 Å². The molecule has 0 radical (unpaired) electrons. The van der Waals surface area contributed by atoms with Crippen LogP contribution in [0.5, 0.6) is 5.75 Å². The predicted molar refractivity (Wildman–Crippen MR) is 125 cm³/mol. The van der Waals surface area contributed by atoms with Crippen LogP contribution in [0.25, 0.3) is 5.76 Å².